The topological polar surface area (TPSA) is 154 Å². The van der Waals surface area contributed by atoms with Crippen LogP contribution in [0.15, 0.2) is 30.3 Å². The zero-order valence-corrected chi connectivity index (χ0v) is 20.4. The van der Waals surface area contributed by atoms with Crippen molar-refractivity contribution in [3.63, 3.8) is 0 Å². The summed E-state index contributed by atoms with van der Waals surface area (Å²) in [5.41, 5.74) is 5.73. The van der Waals surface area contributed by atoms with Crippen LogP contribution in [-0.4, -0.2) is 53.9 Å². The van der Waals surface area contributed by atoms with E-state index in [0.717, 1.165) is 6.42 Å². The first kappa shape index (κ1) is 28.1. The van der Waals surface area contributed by atoms with E-state index >= 15 is 0 Å². The van der Waals surface area contributed by atoms with Gasteiger partial charge in [-0.1, -0.05) is 31.5 Å². The van der Waals surface area contributed by atoms with Crippen molar-refractivity contribution < 1.29 is 37.8 Å². The van der Waals surface area contributed by atoms with Crippen molar-refractivity contribution in [2.75, 3.05) is 13.1 Å². The molecule has 1 aromatic rings. The average Bonchev–Trinajstić information content (AvgIpc) is 3.36. The van der Waals surface area contributed by atoms with Gasteiger partial charge in [0.2, 0.25) is 5.85 Å². The van der Waals surface area contributed by atoms with Crippen LogP contribution in [0.1, 0.15) is 68.6 Å². The van der Waals surface area contributed by atoms with Crippen molar-refractivity contribution in [2.24, 2.45) is 5.73 Å². The van der Waals surface area contributed by atoms with Crippen molar-refractivity contribution in [3.05, 3.63) is 35.9 Å². The van der Waals surface area contributed by atoms with Gasteiger partial charge in [0.15, 0.2) is 6.10 Å². The third-order valence-electron chi connectivity index (χ3n) is 5.43. The second kappa shape index (κ2) is 14.3. The summed E-state index contributed by atoms with van der Waals surface area (Å²) in [6.07, 6.45) is 2.07. The van der Waals surface area contributed by atoms with E-state index in [-0.39, 0.29) is 18.4 Å². The average molecular weight is 499 g/mol. The molecule has 1 fully saturated rings. The molecular formula is C23H35N2O8P. The molecule has 0 amide bonds. The van der Waals surface area contributed by atoms with Gasteiger partial charge in [0.05, 0.1) is 5.56 Å². The van der Waals surface area contributed by atoms with Crippen LogP contribution in [-0.2, 0) is 28.2 Å². The Kier molecular flexibility index (Phi) is 11.9. The molecular weight excluding hydrogens is 463 g/mol. The molecule has 2 rings (SSSR count). The lowest BCUT2D eigenvalue weighted by molar-refractivity contribution is -0.166. The van der Waals surface area contributed by atoms with Gasteiger partial charge in [-0.2, -0.15) is 0 Å². The Labute approximate surface area is 200 Å². The number of unbranched alkanes of at least 4 members (excludes halogenated alkanes) is 2. The van der Waals surface area contributed by atoms with Crippen molar-refractivity contribution in [1.82, 2.24) is 5.32 Å². The number of rotatable bonds is 14. The Morgan fingerprint density at radius 2 is 1.91 bits per heavy atom. The number of benzene rings is 1. The molecule has 1 aliphatic rings. The molecule has 0 spiro atoms. The fourth-order valence-electron chi connectivity index (χ4n) is 3.49. The second-order valence-corrected chi connectivity index (χ2v) is 10.1. The van der Waals surface area contributed by atoms with E-state index in [9.17, 15) is 23.8 Å². The molecule has 10 nitrogen and oxygen atoms in total. The van der Waals surface area contributed by atoms with Gasteiger partial charge in [0.1, 0.15) is 6.04 Å². The van der Waals surface area contributed by atoms with E-state index < -0.39 is 43.5 Å². The minimum absolute atomic E-state index is 0.0269. The van der Waals surface area contributed by atoms with Crippen LogP contribution in [0.3, 0.4) is 0 Å². The smallest absolute Gasteiger partial charge is 0.369 e. The predicted octanol–water partition coefficient (Wildman–Crippen LogP) is 2.88. The summed E-state index contributed by atoms with van der Waals surface area (Å²) in [6.45, 7) is 2.88. The molecule has 3 unspecified atom stereocenters. The Bertz CT molecular complexity index is 845. The van der Waals surface area contributed by atoms with E-state index in [4.69, 9.17) is 19.7 Å². The zero-order chi connectivity index (χ0) is 25.0. The van der Waals surface area contributed by atoms with Crippen LogP contribution in [0.2, 0.25) is 0 Å². The summed E-state index contributed by atoms with van der Waals surface area (Å²) >= 11 is 0. The molecule has 1 heterocycles. The number of hydrogen-bond donors (Lipinski definition) is 3. The third kappa shape index (κ3) is 8.92. The Balaban J connectivity index is 2.14. The SMILES string of the molecule is CCCCC(OC(=O)c1ccccc1)P(=O)(O)OC(CCCCN)C(=O)OC(=O)[C@@H]1CCCN1. The van der Waals surface area contributed by atoms with Gasteiger partial charge < -0.3 is 25.4 Å². The lowest BCUT2D eigenvalue weighted by Crippen LogP contribution is -2.37. The second-order valence-electron chi connectivity index (χ2n) is 8.20. The van der Waals surface area contributed by atoms with Gasteiger partial charge >= 0.3 is 25.5 Å². The van der Waals surface area contributed by atoms with E-state index in [1.54, 1.807) is 18.2 Å². The van der Waals surface area contributed by atoms with Gasteiger partial charge in [-0.05, 0) is 70.2 Å². The number of nitrogens with two attached hydrogens (primary N) is 1. The monoisotopic (exact) mass is 498 g/mol. The first-order valence-electron chi connectivity index (χ1n) is 11.7. The normalized spacial score (nSPS) is 19.1. The first-order chi connectivity index (χ1) is 16.3. The molecule has 1 aromatic carbocycles. The van der Waals surface area contributed by atoms with Gasteiger partial charge in [-0.15, -0.1) is 0 Å². The maximum atomic E-state index is 13.2. The van der Waals surface area contributed by atoms with E-state index in [1.165, 1.54) is 12.1 Å². The van der Waals surface area contributed by atoms with Crippen LogP contribution in [0, 0.1) is 0 Å². The van der Waals surface area contributed by atoms with Gasteiger partial charge in [-0.25, -0.2) is 14.4 Å². The molecule has 4 atom stereocenters. The lowest BCUT2D eigenvalue weighted by atomic mass is 10.1. The minimum Gasteiger partial charge on any atom is -0.446 e. The molecule has 0 bridgehead atoms. The zero-order valence-electron chi connectivity index (χ0n) is 19.5. The standard InChI is InChI=1S/C23H35N2O8P/c1-2-3-14-20(31-21(26)17-10-5-4-6-11-17)34(29,30)33-19(13-7-8-15-24)23(28)32-22(27)18-12-9-16-25-18/h4-6,10-11,18-20,25H,2-3,7-9,12-16,24H2,1H3,(H,29,30)/t18-,19?,20?/m0/s1. The van der Waals surface area contributed by atoms with Gasteiger partial charge in [0, 0.05) is 0 Å². The van der Waals surface area contributed by atoms with Crippen molar-refractivity contribution in [3.8, 4) is 0 Å². The summed E-state index contributed by atoms with van der Waals surface area (Å²) in [6, 6.07) is 7.47. The van der Waals surface area contributed by atoms with E-state index in [2.05, 4.69) is 5.32 Å². The number of ether oxygens (including phenoxy) is 2. The molecule has 0 aliphatic carbocycles. The molecule has 11 heteroatoms. The molecule has 4 N–H and O–H groups in total. The van der Waals surface area contributed by atoms with E-state index in [1.807, 2.05) is 6.92 Å². The number of carbonyl (C=O) groups is 3. The third-order valence-corrected chi connectivity index (χ3v) is 7.08. The van der Waals surface area contributed by atoms with Gasteiger partial charge in [-0.3, -0.25) is 9.09 Å². The Morgan fingerprint density at radius 3 is 2.53 bits per heavy atom. The maximum absolute atomic E-state index is 13.2. The number of esters is 3. The lowest BCUT2D eigenvalue weighted by Gasteiger charge is -2.26. The van der Waals surface area contributed by atoms with Crippen LogP contribution >= 0.6 is 7.60 Å². The summed E-state index contributed by atoms with van der Waals surface area (Å²) < 4.78 is 28.8. The molecule has 34 heavy (non-hydrogen) atoms. The highest BCUT2D eigenvalue weighted by Crippen LogP contribution is 2.52. The molecule has 1 saturated heterocycles. The predicted molar refractivity (Wildman–Crippen MR) is 125 cm³/mol. The van der Waals surface area contributed by atoms with Crippen molar-refractivity contribution in [1.29, 1.82) is 0 Å². The summed E-state index contributed by atoms with van der Waals surface area (Å²) in [7, 11) is -4.64. The fourth-order valence-corrected chi connectivity index (χ4v) is 4.92. The van der Waals surface area contributed by atoms with Crippen molar-refractivity contribution in [2.45, 2.75) is 76.3 Å². The first-order valence-corrected chi connectivity index (χ1v) is 13.4. The highest BCUT2D eigenvalue weighted by atomic mass is 31.2. The highest BCUT2D eigenvalue weighted by Gasteiger charge is 2.41. The van der Waals surface area contributed by atoms with Crippen LogP contribution in [0.4, 0.5) is 0 Å². The Morgan fingerprint density at radius 1 is 1.18 bits per heavy atom. The fraction of sp³-hybridized carbons (Fsp3) is 0.609. The summed E-state index contributed by atoms with van der Waals surface area (Å²) in [5, 5.41) is 2.93. The number of carbonyl (C=O) groups excluding carboxylic acids is 3. The molecule has 0 aromatic heterocycles. The van der Waals surface area contributed by atoms with Crippen molar-refractivity contribution >= 4 is 25.5 Å². The molecule has 190 valence electrons. The summed E-state index contributed by atoms with van der Waals surface area (Å²) in [5.74, 6) is -4.05. The number of hydrogen-bond acceptors (Lipinski definition) is 9. The minimum atomic E-state index is -4.64. The summed E-state index contributed by atoms with van der Waals surface area (Å²) in [4.78, 5) is 48.2. The maximum Gasteiger partial charge on any atom is 0.369 e. The number of nitrogens with one attached hydrogen (secondary N) is 1. The molecule has 0 radical (unpaired) electrons. The van der Waals surface area contributed by atoms with Crippen LogP contribution in [0.5, 0.6) is 0 Å². The molecule has 0 saturated carbocycles. The van der Waals surface area contributed by atoms with Gasteiger partial charge in [0.25, 0.3) is 0 Å². The van der Waals surface area contributed by atoms with Crippen LogP contribution < -0.4 is 11.1 Å². The molecule has 1 aliphatic heterocycles. The largest absolute Gasteiger partial charge is 0.446 e. The Hall–Kier alpha value is -2.10. The quantitative estimate of drug-likeness (QED) is 0.151. The van der Waals surface area contributed by atoms with Crippen LogP contribution in [0.25, 0.3) is 0 Å². The van der Waals surface area contributed by atoms with E-state index in [0.29, 0.717) is 45.2 Å². The highest BCUT2D eigenvalue weighted by molar-refractivity contribution is 7.53.